The van der Waals surface area contributed by atoms with Gasteiger partial charge in [0, 0.05) is 24.0 Å². The van der Waals surface area contributed by atoms with E-state index in [9.17, 15) is 14.4 Å². The summed E-state index contributed by atoms with van der Waals surface area (Å²) in [5.74, 6) is 0.0942. The molecule has 1 aromatic heterocycles. The van der Waals surface area contributed by atoms with Crippen LogP contribution in [0.5, 0.6) is 5.75 Å². The third-order valence-electron chi connectivity index (χ3n) is 4.66. The summed E-state index contributed by atoms with van der Waals surface area (Å²) in [6, 6.07) is 6.84. The van der Waals surface area contributed by atoms with Crippen LogP contribution < -0.4 is 15.4 Å². The number of benzene rings is 1. The minimum atomic E-state index is -0.412. The molecule has 0 bridgehead atoms. The predicted octanol–water partition coefficient (Wildman–Crippen LogP) is 3.27. The second-order valence-electron chi connectivity index (χ2n) is 7.07. The molecule has 8 nitrogen and oxygen atoms in total. The molecule has 30 heavy (non-hydrogen) atoms. The van der Waals surface area contributed by atoms with Gasteiger partial charge in [-0.15, -0.1) is 11.3 Å². The second-order valence-corrected chi connectivity index (χ2v) is 8.18. The lowest BCUT2D eigenvalue weighted by Gasteiger charge is -2.25. The number of carbonyl (C=O) groups excluding carboxylic acids is 3. The average Bonchev–Trinajstić information content (AvgIpc) is 3.09. The molecule has 1 aromatic carbocycles. The minimum absolute atomic E-state index is 0.0433. The van der Waals surface area contributed by atoms with Crippen molar-refractivity contribution in [2.75, 3.05) is 26.0 Å². The highest BCUT2D eigenvalue weighted by atomic mass is 32.1. The maximum Gasteiger partial charge on any atom is 0.409 e. The number of hydrogen-bond acceptors (Lipinski definition) is 6. The van der Waals surface area contributed by atoms with Crippen LogP contribution >= 0.6 is 11.3 Å². The normalized spacial score (nSPS) is 12.9. The Morgan fingerprint density at radius 3 is 2.43 bits per heavy atom. The second kappa shape index (κ2) is 9.17. The van der Waals surface area contributed by atoms with Crippen LogP contribution in [0.2, 0.25) is 0 Å². The highest BCUT2D eigenvalue weighted by molar-refractivity contribution is 7.17. The van der Waals surface area contributed by atoms with Crippen molar-refractivity contribution in [3.8, 4) is 5.75 Å². The molecule has 0 unspecified atom stereocenters. The Balaban J connectivity index is 1.85. The quantitative estimate of drug-likeness (QED) is 0.757. The lowest BCUT2D eigenvalue weighted by molar-refractivity contribution is 0.0962. The van der Waals surface area contributed by atoms with Crippen LogP contribution in [0.25, 0.3) is 0 Å². The van der Waals surface area contributed by atoms with E-state index in [1.807, 2.05) is 13.8 Å². The van der Waals surface area contributed by atoms with Crippen molar-refractivity contribution in [1.29, 1.82) is 0 Å². The molecule has 2 heterocycles. The van der Waals surface area contributed by atoms with Crippen molar-refractivity contribution >= 4 is 34.2 Å². The first-order chi connectivity index (χ1) is 14.3. The monoisotopic (exact) mass is 431 g/mol. The maximum absolute atomic E-state index is 12.8. The number of hydrogen-bond donors (Lipinski definition) is 2. The van der Waals surface area contributed by atoms with Crippen LogP contribution in [0.3, 0.4) is 0 Å². The van der Waals surface area contributed by atoms with Gasteiger partial charge in [-0.2, -0.15) is 0 Å². The minimum Gasteiger partial charge on any atom is -0.491 e. The van der Waals surface area contributed by atoms with Crippen LogP contribution in [0.15, 0.2) is 24.3 Å². The van der Waals surface area contributed by atoms with E-state index in [1.54, 1.807) is 36.2 Å². The van der Waals surface area contributed by atoms with E-state index in [1.165, 1.54) is 18.4 Å². The van der Waals surface area contributed by atoms with Gasteiger partial charge in [-0.3, -0.25) is 9.59 Å². The Hall–Kier alpha value is -3.07. The number of rotatable bonds is 5. The zero-order chi connectivity index (χ0) is 21.8. The number of amides is 3. The van der Waals surface area contributed by atoms with Crippen LogP contribution in [-0.4, -0.2) is 49.6 Å². The molecule has 3 rings (SSSR count). The van der Waals surface area contributed by atoms with Gasteiger partial charge in [-0.1, -0.05) is 0 Å². The van der Waals surface area contributed by atoms with Crippen LogP contribution in [0, 0.1) is 0 Å². The molecule has 0 atom stereocenters. The number of fused-ring (bicyclic) bond motifs is 1. The van der Waals surface area contributed by atoms with Crippen molar-refractivity contribution in [3.05, 3.63) is 45.8 Å². The van der Waals surface area contributed by atoms with Gasteiger partial charge < -0.3 is 25.0 Å². The lowest BCUT2D eigenvalue weighted by Crippen LogP contribution is -2.35. The molecule has 160 valence electrons. The van der Waals surface area contributed by atoms with Gasteiger partial charge in [-0.05, 0) is 50.1 Å². The topological polar surface area (TPSA) is 97.0 Å². The number of carbonyl (C=O) groups is 3. The first-order valence-corrected chi connectivity index (χ1v) is 10.4. The molecule has 0 spiro atoms. The maximum atomic E-state index is 12.8. The molecule has 0 radical (unpaired) electrons. The van der Waals surface area contributed by atoms with E-state index < -0.39 is 6.09 Å². The van der Waals surface area contributed by atoms with Gasteiger partial charge in [0.1, 0.15) is 10.8 Å². The number of nitrogens with one attached hydrogen (secondary N) is 2. The zero-order valence-corrected chi connectivity index (χ0v) is 18.2. The van der Waals surface area contributed by atoms with Gasteiger partial charge in [-0.25, -0.2) is 4.79 Å². The summed E-state index contributed by atoms with van der Waals surface area (Å²) in [7, 11) is 2.89. The molecule has 2 N–H and O–H groups in total. The molecular weight excluding hydrogens is 406 g/mol. The third kappa shape index (κ3) is 4.56. The molecule has 1 aliphatic rings. The van der Waals surface area contributed by atoms with Crippen LogP contribution in [-0.2, 0) is 17.7 Å². The average molecular weight is 432 g/mol. The van der Waals surface area contributed by atoms with Crippen molar-refractivity contribution in [1.82, 2.24) is 10.2 Å². The molecule has 0 saturated carbocycles. The Kier molecular flexibility index (Phi) is 6.61. The van der Waals surface area contributed by atoms with E-state index in [-0.39, 0.29) is 17.9 Å². The summed E-state index contributed by atoms with van der Waals surface area (Å²) in [5.41, 5.74) is 1.77. The van der Waals surface area contributed by atoms with E-state index >= 15 is 0 Å². The molecule has 0 fully saturated rings. The molecule has 1 aliphatic heterocycles. The van der Waals surface area contributed by atoms with Gasteiger partial charge in [0.15, 0.2) is 0 Å². The standard InChI is InChI=1S/C21H25N3O5S/c1-12(2)29-14-7-5-13(6-8-14)18(25)23-20-17(19(26)22-3)15-9-10-24(21(27)28-4)11-16(15)30-20/h5-8,12H,9-11H2,1-4H3,(H,22,26)(H,23,25). The fourth-order valence-corrected chi connectivity index (χ4v) is 4.53. The summed E-state index contributed by atoms with van der Waals surface area (Å²) in [5, 5.41) is 5.97. The Morgan fingerprint density at radius 1 is 1.13 bits per heavy atom. The smallest absolute Gasteiger partial charge is 0.409 e. The molecule has 0 aliphatic carbocycles. The van der Waals surface area contributed by atoms with Crippen molar-refractivity contribution in [2.24, 2.45) is 0 Å². The number of anilines is 1. The van der Waals surface area contributed by atoms with Gasteiger partial charge >= 0.3 is 6.09 Å². The highest BCUT2D eigenvalue weighted by Crippen LogP contribution is 2.37. The SMILES string of the molecule is CNC(=O)c1c(NC(=O)c2ccc(OC(C)C)cc2)sc2c1CCN(C(=O)OC)C2. The largest absolute Gasteiger partial charge is 0.491 e. The summed E-state index contributed by atoms with van der Waals surface area (Å²) in [4.78, 5) is 39.6. The summed E-state index contributed by atoms with van der Waals surface area (Å²) < 4.78 is 10.4. The van der Waals surface area contributed by atoms with Crippen LogP contribution in [0.4, 0.5) is 9.80 Å². The van der Waals surface area contributed by atoms with E-state index in [0.717, 1.165) is 10.4 Å². The van der Waals surface area contributed by atoms with Gasteiger partial charge in [0.25, 0.3) is 11.8 Å². The Labute approximate surface area is 179 Å². The van der Waals surface area contributed by atoms with Gasteiger partial charge in [0.05, 0.1) is 25.3 Å². The van der Waals surface area contributed by atoms with Gasteiger partial charge in [0.2, 0.25) is 0 Å². The fourth-order valence-electron chi connectivity index (χ4n) is 3.27. The van der Waals surface area contributed by atoms with Crippen molar-refractivity contribution in [3.63, 3.8) is 0 Å². The summed E-state index contributed by atoms with van der Waals surface area (Å²) in [6.07, 6.45) is 0.146. The summed E-state index contributed by atoms with van der Waals surface area (Å²) >= 11 is 1.30. The predicted molar refractivity (Wildman–Crippen MR) is 114 cm³/mol. The van der Waals surface area contributed by atoms with E-state index in [4.69, 9.17) is 9.47 Å². The molecule has 0 saturated heterocycles. The number of methoxy groups -OCH3 is 1. The molecule has 3 amide bonds. The number of nitrogens with zero attached hydrogens (tertiary/aromatic N) is 1. The number of ether oxygens (including phenoxy) is 2. The molecular formula is C21H25N3O5S. The Bertz CT molecular complexity index is 952. The zero-order valence-electron chi connectivity index (χ0n) is 17.4. The Morgan fingerprint density at radius 2 is 1.83 bits per heavy atom. The molecule has 9 heteroatoms. The van der Waals surface area contributed by atoms with E-state index in [2.05, 4.69) is 10.6 Å². The molecule has 2 aromatic rings. The number of thiophene rings is 1. The van der Waals surface area contributed by atoms with Crippen molar-refractivity contribution < 1.29 is 23.9 Å². The fraction of sp³-hybridized carbons (Fsp3) is 0.381. The van der Waals surface area contributed by atoms with Crippen molar-refractivity contribution in [2.45, 2.75) is 32.9 Å². The highest BCUT2D eigenvalue weighted by Gasteiger charge is 2.30. The van der Waals surface area contributed by atoms with E-state index in [0.29, 0.717) is 41.4 Å². The lowest BCUT2D eigenvalue weighted by atomic mass is 10.0. The first kappa shape index (κ1) is 21.6. The first-order valence-electron chi connectivity index (χ1n) is 9.61. The third-order valence-corrected chi connectivity index (χ3v) is 5.79. The van der Waals surface area contributed by atoms with Crippen LogP contribution in [0.1, 0.15) is 45.0 Å². The summed E-state index contributed by atoms with van der Waals surface area (Å²) in [6.45, 7) is 4.65.